The molecule has 0 saturated carbocycles. The van der Waals surface area contributed by atoms with Gasteiger partial charge in [-0.15, -0.1) is 0 Å². The molecular weight excluding hydrogens is 364 g/mol. The van der Waals surface area contributed by atoms with Crippen molar-refractivity contribution >= 4 is 28.7 Å². The second-order valence-electron chi connectivity index (χ2n) is 5.51. The summed E-state index contributed by atoms with van der Waals surface area (Å²) in [6.45, 7) is 13.8. The summed E-state index contributed by atoms with van der Waals surface area (Å²) in [5, 5.41) is 0. The molecule has 0 radical (unpaired) electrons. The summed E-state index contributed by atoms with van der Waals surface area (Å²) in [6, 6.07) is 0. The molecule has 92 valence electrons. The molecule has 0 aliphatic heterocycles. The first-order valence-corrected chi connectivity index (χ1v) is 16.0. The zero-order chi connectivity index (χ0) is 12.1. The first-order chi connectivity index (χ1) is 6.75. The summed E-state index contributed by atoms with van der Waals surface area (Å²) in [4.78, 5) is 0. The van der Waals surface area contributed by atoms with E-state index in [1.807, 2.05) is 0 Å². The molecule has 0 atom stereocenters. The van der Waals surface area contributed by atoms with Crippen LogP contribution in [0.25, 0.3) is 0 Å². The Bertz CT molecular complexity index is 193. The predicted octanol–water partition coefficient (Wildman–Crippen LogP) is 5.61. The van der Waals surface area contributed by atoms with E-state index in [9.17, 15) is 0 Å². The fourth-order valence-corrected chi connectivity index (χ4v) is 19.5. The summed E-state index contributed by atoms with van der Waals surface area (Å²) in [7, 11) is 0. The van der Waals surface area contributed by atoms with E-state index in [2.05, 4.69) is 60.4 Å². The topological polar surface area (TPSA) is 0 Å². The van der Waals surface area contributed by atoms with E-state index in [4.69, 9.17) is 0 Å². The molecule has 0 rings (SSSR count). The summed E-state index contributed by atoms with van der Waals surface area (Å²) < 4.78 is 4.25. The van der Waals surface area contributed by atoms with Gasteiger partial charge in [0.1, 0.15) is 0 Å². The number of allylic oxidation sites excluding steroid dienone is 2. The number of halogens is 1. The minimum absolute atomic E-state index is 0.842. The molecular formula is C13H27BrTe. The number of rotatable bonds is 6. The van der Waals surface area contributed by atoms with E-state index < -0.39 is 16.0 Å². The normalized spacial score (nSPS) is 13.4. The zero-order valence-corrected chi connectivity index (χ0v) is 15.1. The van der Waals surface area contributed by atoms with Gasteiger partial charge in [-0.2, -0.15) is 0 Å². The van der Waals surface area contributed by atoms with Crippen LogP contribution in [0.1, 0.15) is 41.5 Å². The Morgan fingerprint density at radius 2 is 1.47 bits per heavy atom. The van der Waals surface area contributed by atoms with E-state index in [1.165, 1.54) is 19.0 Å². The first kappa shape index (κ1) is 16.0. The molecule has 0 saturated heterocycles. The third kappa shape index (κ3) is 8.78. The van der Waals surface area contributed by atoms with Crippen molar-refractivity contribution in [3.63, 3.8) is 0 Å². The SMILES string of the molecule is CC(C)=CC[Te](Br)(CC(C)C)CC(C)C. The Morgan fingerprint density at radius 3 is 1.73 bits per heavy atom. The molecule has 0 aromatic carbocycles. The maximum atomic E-state index is 4.16. The summed E-state index contributed by atoms with van der Waals surface area (Å²) in [5.41, 5.74) is 1.47. The Labute approximate surface area is 107 Å². The number of hydrogen-bond acceptors (Lipinski definition) is 0. The van der Waals surface area contributed by atoms with Crippen molar-refractivity contribution in [3.8, 4) is 0 Å². The van der Waals surface area contributed by atoms with Crippen molar-refractivity contribution in [3.05, 3.63) is 11.6 Å². The maximum absolute atomic E-state index is 4.16. The molecule has 0 bridgehead atoms. The molecule has 0 fully saturated rings. The predicted molar refractivity (Wildman–Crippen MR) is 78.2 cm³/mol. The summed E-state index contributed by atoms with van der Waals surface area (Å²) in [5.74, 6) is 1.68. The van der Waals surface area contributed by atoms with Crippen LogP contribution in [-0.4, -0.2) is 16.0 Å². The van der Waals surface area contributed by atoms with Gasteiger partial charge in [-0.3, -0.25) is 0 Å². The third-order valence-electron chi connectivity index (χ3n) is 2.05. The third-order valence-corrected chi connectivity index (χ3v) is 16.8. The van der Waals surface area contributed by atoms with Gasteiger partial charge in [0.25, 0.3) is 0 Å². The van der Waals surface area contributed by atoms with E-state index in [0.717, 1.165) is 11.8 Å². The monoisotopic (exact) mass is 392 g/mol. The standard InChI is InChI=1S/C13H27BrTe/c1-11(2)7-8-15(14,9-12(3)4)10-13(5)6/h7,12-13H,8-10H2,1-6H3. The molecule has 0 spiro atoms. The van der Waals surface area contributed by atoms with Crippen LogP contribution >= 0.6 is 12.8 Å². The second-order valence-corrected chi connectivity index (χ2v) is 22.9. The van der Waals surface area contributed by atoms with Gasteiger partial charge in [0.2, 0.25) is 0 Å². The van der Waals surface area contributed by atoms with Crippen molar-refractivity contribution in [2.75, 3.05) is 0 Å². The molecule has 0 aromatic heterocycles. The van der Waals surface area contributed by atoms with Gasteiger partial charge in [-0.25, -0.2) is 0 Å². The molecule has 15 heavy (non-hydrogen) atoms. The van der Waals surface area contributed by atoms with Crippen molar-refractivity contribution in [2.24, 2.45) is 11.8 Å². The van der Waals surface area contributed by atoms with Crippen LogP contribution in [-0.2, 0) is 0 Å². The van der Waals surface area contributed by atoms with Crippen LogP contribution in [0.5, 0.6) is 0 Å². The average molecular weight is 391 g/mol. The Morgan fingerprint density at radius 1 is 1.07 bits per heavy atom. The molecule has 2 heteroatoms. The quantitative estimate of drug-likeness (QED) is 0.409. The average Bonchev–Trinajstić information content (AvgIpc) is 1.97. The van der Waals surface area contributed by atoms with Crippen molar-refractivity contribution in [1.29, 1.82) is 0 Å². The van der Waals surface area contributed by atoms with Crippen molar-refractivity contribution < 1.29 is 0 Å². The minimum atomic E-state index is -1.76. The first-order valence-electron chi connectivity index (χ1n) is 5.84. The molecule has 0 N–H and O–H groups in total. The van der Waals surface area contributed by atoms with E-state index in [0.29, 0.717) is 0 Å². The van der Waals surface area contributed by atoms with Crippen LogP contribution in [0.4, 0.5) is 0 Å². The van der Waals surface area contributed by atoms with Gasteiger partial charge >= 0.3 is 107 Å². The molecule has 0 nitrogen and oxygen atoms in total. The van der Waals surface area contributed by atoms with E-state index >= 15 is 0 Å². The van der Waals surface area contributed by atoms with Crippen LogP contribution < -0.4 is 0 Å². The van der Waals surface area contributed by atoms with Crippen LogP contribution in [0, 0.1) is 11.8 Å². The Kier molecular flexibility index (Phi) is 7.85. The van der Waals surface area contributed by atoms with E-state index in [1.54, 1.807) is 0 Å². The van der Waals surface area contributed by atoms with Gasteiger partial charge in [0.05, 0.1) is 0 Å². The zero-order valence-electron chi connectivity index (χ0n) is 11.1. The van der Waals surface area contributed by atoms with Crippen LogP contribution in [0.15, 0.2) is 11.6 Å². The van der Waals surface area contributed by atoms with Gasteiger partial charge in [0, 0.05) is 0 Å². The number of hydrogen-bond donors (Lipinski definition) is 0. The van der Waals surface area contributed by atoms with Gasteiger partial charge in [0.15, 0.2) is 0 Å². The van der Waals surface area contributed by atoms with Gasteiger partial charge in [-0.05, 0) is 0 Å². The molecule has 0 unspecified atom stereocenters. The molecule has 0 heterocycles. The fourth-order valence-electron chi connectivity index (χ4n) is 1.71. The van der Waals surface area contributed by atoms with Gasteiger partial charge < -0.3 is 0 Å². The molecule has 0 aliphatic rings. The van der Waals surface area contributed by atoms with Gasteiger partial charge in [-0.1, -0.05) is 0 Å². The molecule has 0 amide bonds. The van der Waals surface area contributed by atoms with Crippen LogP contribution in [0.2, 0.25) is 13.4 Å². The van der Waals surface area contributed by atoms with Crippen molar-refractivity contribution in [2.45, 2.75) is 54.9 Å². The molecule has 0 aliphatic carbocycles. The summed E-state index contributed by atoms with van der Waals surface area (Å²) in [6.07, 6.45) is 2.45. The second kappa shape index (κ2) is 7.36. The Hall–Kier alpha value is 1.01. The fraction of sp³-hybridized carbons (Fsp3) is 0.846. The van der Waals surface area contributed by atoms with Crippen molar-refractivity contribution in [1.82, 2.24) is 0 Å². The Balaban J connectivity index is 4.47. The van der Waals surface area contributed by atoms with E-state index in [-0.39, 0.29) is 0 Å². The summed E-state index contributed by atoms with van der Waals surface area (Å²) >= 11 is 2.40. The van der Waals surface area contributed by atoms with Crippen LogP contribution in [0.3, 0.4) is 0 Å². The molecule has 0 aromatic rings.